The topological polar surface area (TPSA) is 12.0 Å². The Kier molecular flexibility index (Phi) is 4.52. The Labute approximate surface area is 109 Å². The molecule has 0 bridgehead atoms. The normalized spacial score (nSPS) is 29.2. The van der Waals surface area contributed by atoms with Crippen molar-refractivity contribution in [3.63, 3.8) is 0 Å². The van der Waals surface area contributed by atoms with Crippen molar-refractivity contribution in [2.45, 2.75) is 50.9 Å². The van der Waals surface area contributed by atoms with Crippen molar-refractivity contribution in [1.82, 2.24) is 5.32 Å². The van der Waals surface area contributed by atoms with Gasteiger partial charge in [-0.15, -0.1) is 0 Å². The van der Waals surface area contributed by atoms with Crippen LogP contribution in [0.15, 0.2) is 24.3 Å². The molecule has 1 heterocycles. The summed E-state index contributed by atoms with van der Waals surface area (Å²) in [5, 5.41) is 4.46. The molecule has 0 spiro atoms. The summed E-state index contributed by atoms with van der Waals surface area (Å²) in [6.07, 6.45) is 2.35. The number of rotatable bonds is 3. The molecule has 3 unspecified atom stereocenters. The first-order chi connectivity index (χ1) is 8.24. The van der Waals surface area contributed by atoms with E-state index in [1.807, 2.05) is 0 Å². The molecular weight excluding hydrogens is 226 g/mol. The van der Waals surface area contributed by atoms with Gasteiger partial charge < -0.3 is 5.32 Å². The average molecular weight is 249 g/mol. The minimum atomic E-state index is 0.518. The Bertz CT molecular complexity index is 346. The quantitative estimate of drug-likeness (QED) is 0.874. The molecule has 1 aliphatic heterocycles. The molecule has 2 heteroatoms. The summed E-state index contributed by atoms with van der Waals surface area (Å²) < 4.78 is 0. The van der Waals surface area contributed by atoms with Gasteiger partial charge in [0.25, 0.3) is 0 Å². The van der Waals surface area contributed by atoms with E-state index < -0.39 is 0 Å². The molecule has 1 aromatic carbocycles. The van der Waals surface area contributed by atoms with Gasteiger partial charge >= 0.3 is 0 Å². The summed E-state index contributed by atoms with van der Waals surface area (Å²) in [6, 6.07) is 10.3. The first-order valence-corrected chi connectivity index (χ1v) is 7.76. The van der Waals surface area contributed by atoms with Crippen LogP contribution in [0.3, 0.4) is 0 Å². The molecule has 1 nitrogen and oxygen atoms in total. The smallest absolute Gasteiger partial charge is 0.0440 e. The molecule has 3 atom stereocenters. The lowest BCUT2D eigenvalue weighted by molar-refractivity contribution is 0.432. The highest BCUT2D eigenvalue weighted by atomic mass is 32.2. The van der Waals surface area contributed by atoms with Gasteiger partial charge in [0.05, 0.1) is 0 Å². The molecule has 0 saturated carbocycles. The van der Waals surface area contributed by atoms with Gasteiger partial charge in [-0.2, -0.15) is 11.8 Å². The standard InChI is InChI=1S/C15H23NS/c1-4-12-6-8-13(9-7-12)15-11(3)17-10-14(5-2)16-15/h6-9,11,14-16H,4-5,10H2,1-3H3. The third-order valence-electron chi connectivity index (χ3n) is 3.68. The summed E-state index contributed by atoms with van der Waals surface area (Å²) in [4.78, 5) is 0. The number of hydrogen-bond donors (Lipinski definition) is 1. The summed E-state index contributed by atoms with van der Waals surface area (Å²) in [5.41, 5.74) is 2.87. The lowest BCUT2D eigenvalue weighted by Gasteiger charge is -2.35. The molecule has 1 aliphatic rings. The maximum absolute atomic E-state index is 3.79. The predicted octanol–water partition coefficient (Wildman–Crippen LogP) is 3.79. The maximum atomic E-state index is 3.79. The van der Waals surface area contributed by atoms with E-state index in [2.05, 4.69) is 62.1 Å². The Morgan fingerprint density at radius 3 is 2.53 bits per heavy atom. The summed E-state index contributed by atoms with van der Waals surface area (Å²) in [7, 11) is 0. The van der Waals surface area contributed by atoms with E-state index in [-0.39, 0.29) is 0 Å². The van der Waals surface area contributed by atoms with E-state index >= 15 is 0 Å². The highest BCUT2D eigenvalue weighted by Gasteiger charge is 2.27. The van der Waals surface area contributed by atoms with E-state index in [1.165, 1.54) is 23.3 Å². The minimum absolute atomic E-state index is 0.518. The van der Waals surface area contributed by atoms with E-state index in [1.54, 1.807) is 0 Å². The third kappa shape index (κ3) is 3.05. The van der Waals surface area contributed by atoms with E-state index in [0.717, 1.165) is 6.42 Å². The van der Waals surface area contributed by atoms with Gasteiger partial charge in [-0.1, -0.05) is 45.0 Å². The van der Waals surface area contributed by atoms with Crippen LogP contribution in [-0.4, -0.2) is 17.0 Å². The van der Waals surface area contributed by atoms with Crippen LogP contribution in [-0.2, 0) is 6.42 Å². The van der Waals surface area contributed by atoms with Crippen LogP contribution in [0.25, 0.3) is 0 Å². The van der Waals surface area contributed by atoms with Crippen molar-refractivity contribution < 1.29 is 0 Å². The van der Waals surface area contributed by atoms with E-state index in [9.17, 15) is 0 Å². The van der Waals surface area contributed by atoms with Crippen molar-refractivity contribution in [2.75, 3.05) is 5.75 Å². The molecule has 94 valence electrons. The van der Waals surface area contributed by atoms with Crippen LogP contribution in [0.2, 0.25) is 0 Å². The molecule has 1 fully saturated rings. The van der Waals surface area contributed by atoms with Crippen molar-refractivity contribution in [1.29, 1.82) is 0 Å². The predicted molar refractivity (Wildman–Crippen MR) is 77.7 cm³/mol. The van der Waals surface area contributed by atoms with Crippen LogP contribution in [0.1, 0.15) is 44.4 Å². The van der Waals surface area contributed by atoms with Gasteiger partial charge in [-0.25, -0.2) is 0 Å². The summed E-state index contributed by atoms with van der Waals surface area (Å²) >= 11 is 2.10. The van der Waals surface area contributed by atoms with Crippen LogP contribution in [0.4, 0.5) is 0 Å². The first kappa shape index (κ1) is 13.0. The second kappa shape index (κ2) is 5.92. The van der Waals surface area contributed by atoms with Crippen molar-refractivity contribution in [3.05, 3.63) is 35.4 Å². The molecule has 0 radical (unpaired) electrons. The van der Waals surface area contributed by atoms with Gasteiger partial charge in [-0.05, 0) is 24.0 Å². The van der Waals surface area contributed by atoms with Crippen molar-refractivity contribution in [2.24, 2.45) is 0 Å². The minimum Gasteiger partial charge on any atom is -0.305 e. The van der Waals surface area contributed by atoms with Crippen LogP contribution < -0.4 is 5.32 Å². The van der Waals surface area contributed by atoms with Gasteiger partial charge in [0.1, 0.15) is 0 Å². The molecule has 1 N–H and O–H groups in total. The zero-order chi connectivity index (χ0) is 12.3. The maximum Gasteiger partial charge on any atom is 0.0440 e. The first-order valence-electron chi connectivity index (χ1n) is 6.71. The van der Waals surface area contributed by atoms with Gasteiger partial charge in [0.15, 0.2) is 0 Å². The molecule has 1 saturated heterocycles. The number of hydrogen-bond acceptors (Lipinski definition) is 2. The third-order valence-corrected chi connectivity index (χ3v) is 5.08. The molecule has 2 rings (SSSR count). The van der Waals surface area contributed by atoms with Gasteiger partial charge in [0, 0.05) is 23.1 Å². The fraction of sp³-hybridized carbons (Fsp3) is 0.600. The molecule has 1 aromatic rings. The van der Waals surface area contributed by atoms with Crippen LogP contribution in [0, 0.1) is 0 Å². The van der Waals surface area contributed by atoms with Crippen molar-refractivity contribution in [3.8, 4) is 0 Å². The highest BCUT2D eigenvalue weighted by molar-refractivity contribution is 8.00. The largest absolute Gasteiger partial charge is 0.305 e. The van der Waals surface area contributed by atoms with E-state index in [4.69, 9.17) is 0 Å². The second-order valence-corrected chi connectivity index (χ2v) is 6.29. The molecule has 0 amide bonds. The lowest BCUT2D eigenvalue weighted by Crippen LogP contribution is -2.43. The second-order valence-electron chi connectivity index (χ2n) is 4.88. The Morgan fingerprint density at radius 2 is 1.94 bits per heavy atom. The number of thioether (sulfide) groups is 1. The number of benzene rings is 1. The molecule has 0 aromatic heterocycles. The van der Waals surface area contributed by atoms with Gasteiger partial charge in [0.2, 0.25) is 0 Å². The average Bonchev–Trinajstić information content (AvgIpc) is 2.39. The van der Waals surface area contributed by atoms with Crippen molar-refractivity contribution >= 4 is 11.8 Å². The molecular formula is C15H23NS. The summed E-state index contributed by atoms with van der Waals surface area (Å²) in [6.45, 7) is 6.81. The fourth-order valence-electron chi connectivity index (χ4n) is 2.37. The van der Waals surface area contributed by atoms with E-state index in [0.29, 0.717) is 17.3 Å². The monoisotopic (exact) mass is 249 g/mol. The van der Waals surface area contributed by atoms with Crippen LogP contribution in [0.5, 0.6) is 0 Å². The molecule has 17 heavy (non-hydrogen) atoms. The zero-order valence-corrected chi connectivity index (χ0v) is 11.9. The lowest BCUT2D eigenvalue weighted by atomic mass is 10.00. The Morgan fingerprint density at radius 1 is 1.24 bits per heavy atom. The summed E-state index contributed by atoms with van der Waals surface area (Å²) in [5.74, 6) is 1.25. The number of nitrogens with one attached hydrogen (secondary N) is 1. The highest BCUT2D eigenvalue weighted by Crippen LogP contribution is 2.32. The zero-order valence-electron chi connectivity index (χ0n) is 11.1. The van der Waals surface area contributed by atoms with Crippen LogP contribution >= 0.6 is 11.8 Å². The fourth-order valence-corrected chi connectivity index (χ4v) is 3.66. The molecule has 0 aliphatic carbocycles. The Balaban J connectivity index is 2.12. The SMILES string of the molecule is CCc1ccc(C2NC(CC)CSC2C)cc1. The van der Waals surface area contributed by atoms with Gasteiger partial charge in [-0.3, -0.25) is 0 Å². The Hall–Kier alpha value is -0.470. The number of aryl methyl sites for hydroxylation is 1.